The average Bonchev–Trinajstić information content (AvgIpc) is 2.58. The second-order valence-corrected chi connectivity index (χ2v) is 7.55. The van der Waals surface area contributed by atoms with Crippen LogP contribution in [-0.2, 0) is 14.8 Å². The van der Waals surface area contributed by atoms with E-state index in [1.54, 1.807) is 12.1 Å². The predicted molar refractivity (Wildman–Crippen MR) is 90.6 cm³/mol. The van der Waals surface area contributed by atoms with Crippen molar-refractivity contribution in [3.05, 3.63) is 48.0 Å². The summed E-state index contributed by atoms with van der Waals surface area (Å²) in [4.78, 5) is 0.310. The molecule has 2 aromatic rings. The van der Waals surface area contributed by atoms with Crippen molar-refractivity contribution in [3.63, 3.8) is 0 Å². The zero-order valence-corrected chi connectivity index (χ0v) is 13.8. The molecule has 0 aliphatic carbocycles. The molecule has 1 aliphatic rings. The van der Waals surface area contributed by atoms with Crippen molar-refractivity contribution >= 4 is 15.7 Å². The maximum absolute atomic E-state index is 12.6. The van der Waals surface area contributed by atoms with Gasteiger partial charge in [-0.3, -0.25) is 0 Å². The maximum atomic E-state index is 12.6. The normalized spacial score (nSPS) is 16.4. The number of anilines is 1. The predicted octanol–water partition coefficient (Wildman–Crippen LogP) is 2.27. The summed E-state index contributed by atoms with van der Waals surface area (Å²) in [6.07, 6.45) is 0. The first-order chi connectivity index (χ1) is 11.0. The van der Waals surface area contributed by atoms with Crippen molar-refractivity contribution in [2.45, 2.75) is 11.8 Å². The van der Waals surface area contributed by atoms with E-state index in [4.69, 9.17) is 10.5 Å². The lowest BCUT2D eigenvalue weighted by molar-refractivity contribution is 0.0730. The third-order valence-corrected chi connectivity index (χ3v) is 5.95. The number of aryl methyl sites for hydroxylation is 1. The molecule has 1 saturated heterocycles. The maximum Gasteiger partial charge on any atom is 0.243 e. The fourth-order valence-electron chi connectivity index (χ4n) is 2.69. The van der Waals surface area contributed by atoms with Crippen LogP contribution in [0.25, 0.3) is 11.1 Å². The van der Waals surface area contributed by atoms with E-state index in [1.165, 1.54) is 4.31 Å². The van der Waals surface area contributed by atoms with E-state index in [-0.39, 0.29) is 0 Å². The summed E-state index contributed by atoms with van der Waals surface area (Å²) in [6.45, 7) is 3.70. The lowest BCUT2D eigenvalue weighted by Crippen LogP contribution is -2.40. The quantitative estimate of drug-likeness (QED) is 0.875. The standard InChI is InChI=1S/C17H20N2O3S/c1-13-2-5-15(18)12-17(13)14-3-6-16(7-4-14)23(20,21)19-8-10-22-11-9-19/h2-7,12H,8-11,18H2,1H3. The number of rotatable bonds is 3. The zero-order valence-electron chi connectivity index (χ0n) is 13.0. The summed E-state index contributed by atoms with van der Waals surface area (Å²) < 4.78 is 31.9. The summed E-state index contributed by atoms with van der Waals surface area (Å²) >= 11 is 0. The van der Waals surface area contributed by atoms with Gasteiger partial charge in [0.1, 0.15) is 0 Å². The van der Waals surface area contributed by atoms with Crippen molar-refractivity contribution < 1.29 is 13.2 Å². The highest BCUT2D eigenvalue weighted by Gasteiger charge is 2.26. The molecule has 0 saturated carbocycles. The van der Waals surface area contributed by atoms with E-state index >= 15 is 0 Å². The summed E-state index contributed by atoms with van der Waals surface area (Å²) in [5, 5.41) is 0. The first-order valence-corrected chi connectivity index (χ1v) is 8.97. The Morgan fingerprint density at radius 2 is 1.70 bits per heavy atom. The van der Waals surface area contributed by atoms with Gasteiger partial charge in [0.2, 0.25) is 10.0 Å². The van der Waals surface area contributed by atoms with Gasteiger partial charge in [0.05, 0.1) is 18.1 Å². The summed E-state index contributed by atoms with van der Waals surface area (Å²) in [5.74, 6) is 0. The van der Waals surface area contributed by atoms with Crippen LogP contribution in [0, 0.1) is 6.92 Å². The van der Waals surface area contributed by atoms with Crippen LogP contribution in [-0.4, -0.2) is 39.0 Å². The van der Waals surface area contributed by atoms with E-state index < -0.39 is 10.0 Å². The lowest BCUT2D eigenvalue weighted by Gasteiger charge is -2.26. The topological polar surface area (TPSA) is 72.6 Å². The van der Waals surface area contributed by atoms with Crippen molar-refractivity contribution in [2.75, 3.05) is 32.0 Å². The molecule has 0 unspecified atom stereocenters. The van der Waals surface area contributed by atoms with Gasteiger partial charge in [-0.1, -0.05) is 18.2 Å². The molecule has 0 bridgehead atoms. The number of sulfonamides is 1. The van der Waals surface area contributed by atoms with Crippen molar-refractivity contribution in [2.24, 2.45) is 0 Å². The Morgan fingerprint density at radius 3 is 2.35 bits per heavy atom. The smallest absolute Gasteiger partial charge is 0.243 e. The van der Waals surface area contributed by atoms with Gasteiger partial charge in [0, 0.05) is 18.8 Å². The SMILES string of the molecule is Cc1ccc(N)cc1-c1ccc(S(=O)(=O)N2CCOCC2)cc1. The minimum atomic E-state index is -3.45. The molecule has 5 nitrogen and oxygen atoms in total. The first-order valence-electron chi connectivity index (χ1n) is 7.53. The van der Waals surface area contributed by atoms with Gasteiger partial charge in [-0.2, -0.15) is 4.31 Å². The molecule has 0 aromatic heterocycles. The fourth-order valence-corrected chi connectivity index (χ4v) is 4.10. The molecular weight excluding hydrogens is 312 g/mol. The monoisotopic (exact) mass is 332 g/mol. The molecule has 1 fully saturated rings. The van der Waals surface area contributed by atoms with Crippen LogP contribution < -0.4 is 5.73 Å². The number of ether oxygens (including phenoxy) is 1. The second kappa shape index (κ2) is 6.31. The van der Waals surface area contributed by atoms with Gasteiger partial charge in [-0.05, 0) is 47.9 Å². The van der Waals surface area contributed by atoms with E-state index in [0.29, 0.717) is 36.9 Å². The largest absolute Gasteiger partial charge is 0.399 e. The molecule has 2 aromatic carbocycles. The van der Waals surface area contributed by atoms with Gasteiger partial charge in [0.25, 0.3) is 0 Å². The third kappa shape index (κ3) is 3.24. The van der Waals surface area contributed by atoms with E-state index in [9.17, 15) is 8.42 Å². The number of nitrogens with zero attached hydrogens (tertiary/aromatic N) is 1. The van der Waals surface area contributed by atoms with Gasteiger partial charge in [-0.15, -0.1) is 0 Å². The van der Waals surface area contributed by atoms with E-state index in [0.717, 1.165) is 16.7 Å². The molecule has 0 spiro atoms. The number of benzene rings is 2. The number of hydrogen-bond donors (Lipinski definition) is 1. The van der Waals surface area contributed by atoms with Crippen molar-refractivity contribution in [3.8, 4) is 11.1 Å². The van der Waals surface area contributed by atoms with Crippen LogP contribution >= 0.6 is 0 Å². The van der Waals surface area contributed by atoms with Gasteiger partial charge in [0.15, 0.2) is 0 Å². The highest BCUT2D eigenvalue weighted by Crippen LogP contribution is 2.27. The van der Waals surface area contributed by atoms with Crippen LogP contribution in [0.15, 0.2) is 47.4 Å². The Kier molecular flexibility index (Phi) is 4.39. The highest BCUT2D eigenvalue weighted by molar-refractivity contribution is 7.89. The number of morpholine rings is 1. The molecule has 3 rings (SSSR count). The molecular formula is C17H20N2O3S. The average molecular weight is 332 g/mol. The van der Waals surface area contributed by atoms with Gasteiger partial charge >= 0.3 is 0 Å². The number of nitrogen functional groups attached to an aromatic ring is 1. The summed E-state index contributed by atoms with van der Waals surface area (Å²) in [6, 6.07) is 12.7. The van der Waals surface area contributed by atoms with Crippen LogP contribution in [0.1, 0.15) is 5.56 Å². The van der Waals surface area contributed by atoms with E-state index in [2.05, 4.69) is 0 Å². The molecule has 0 atom stereocenters. The van der Waals surface area contributed by atoms with Crippen molar-refractivity contribution in [1.82, 2.24) is 4.31 Å². The van der Waals surface area contributed by atoms with Crippen LogP contribution in [0.4, 0.5) is 5.69 Å². The molecule has 122 valence electrons. The summed E-state index contributed by atoms with van der Waals surface area (Å²) in [7, 11) is -3.45. The Morgan fingerprint density at radius 1 is 1.04 bits per heavy atom. The fraction of sp³-hybridized carbons (Fsp3) is 0.294. The molecule has 1 heterocycles. The molecule has 2 N–H and O–H groups in total. The number of hydrogen-bond acceptors (Lipinski definition) is 4. The Balaban J connectivity index is 1.91. The minimum absolute atomic E-state index is 0.310. The van der Waals surface area contributed by atoms with Gasteiger partial charge in [-0.25, -0.2) is 8.42 Å². The van der Waals surface area contributed by atoms with Gasteiger partial charge < -0.3 is 10.5 Å². The molecule has 1 aliphatic heterocycles. The Hall–Kier alpha value is -1.89. The minimum Gasteiger partial charge on any atom is -0.399 e. The number of nitrogens with two attached hydrogens (primary N) is 1. The van der Waals surface area contributed by atoms with E-state index in [1.807, 2.05) is 37.3 Å². The summed E-state index contributed by atoms with van der Waals surface area (Å²) in [5.41, 5.74) is 9.61. The molecule has 23 heavy (non-hydrogen) atoms. The van der Waals surface area contributed by atoms with Crippen LogP contribution in [0.2, 0.25) is 0 Å². The van der Waals surface area contributed by atoms with Crippen LogP contribution in [0.3, 0.4) is 0 Å². The lowest BCUT2D eigenvalue weighted by atomic mass is 10.0. The molecule has 0 radical (unpaired) electrons. The molecule has 0 amide bonds. The Labute approximate surface area is 136 Å². The second-order valence-electron chi connectivity index (χ2n) is 5.62. The van der Waals surface area contributed by atoms with Crippen LogP contribution in [0.5, 0.6) is 0 Å². The highest BCUT2D eigenvalue weighted by atomic mass is 32.2. The zero-order chi connectivity index (χ0) is 16.4. The molecule has 6 heteroatoms. The van der Waals surface area contributed by atoms with Crippen molar-refractivity contribution in [1.29, 1.82) is 0 Å². The Bertz CT molecular complexity index is 795. The first kappa shape index (κ1) is 16.0. The third-order valence-electron chi connectivity index (χ3n) is 4.03.